The summed E-state index contributed by atoms with van der Waals surface area (Å²) in [5.74, 6) is -1.17. The molecule has 2 aliphatic rings. The molecule has 4 rings (SSSR count). The lowest BCUT2D eigenvalue weighted by molar-refractivity contribution is -0.143. The lowest BCUT2D eigenvalue weighted by Gasteiger charge is -2.43. The zero-order valence-electron chi connectivity index (χ0n) is 22.7. The van der Waals surface area contributed by atoms with E-state index in [4.69, 9.17) is 11.6 Å². The predicted molar refractivity (Wildman–Crippen MR) is 142 cm³/mol. The number of rotatable bonds is 7. The van der Waals surface area contributed by atoms with E-state index in [9.17, 15) is 35.5 Å². The molecule has 2 aromatic carbocycles. The first-order valence-electron chi connectivity index (χ1n) is 13.7. The number of carbonyl (C=O) groups is 1. The van der Waals surface area contributed by atoms with Gasteiger partial charge in [0.25, 0.3) is 0 Å². The predicted octanol–water partition coefficient (Wildman–Crippen LogP) is 7.21. The van der Waals surface area contributed by atoms with Crippen LogP contribution >= 0.6 is 11.6 Å². The minimum absolute atomic E-state index is 0.0395. The molecule has 2 aliphatic heterocycles. The molecule has 1 atom stereocenters. The quantitative estimate of drug-likeness (QED) is 0.311. The standard InChI is InChI=1S/C29H33ClF7N3O/c1-38(27(41)15-19-13-20(28(32,33)34)16-21(14-19)29(35,36)37)18-26(24-6-5-22(31)17-25(24)30)40-11-7-23(8-12-40)39-9-3-2-4-10-39/h5-6,13-14,16-17,23,26H,2-4,7-12,15,18H2,1H3. The van der Waals surface area contributed by atoms with E-state index >= 15 is 0 Å². The zero-order chi connectivity index (χ0) is 29.9. The highest BCUT2D eigenvalue weighted by Gasteiger charge is 2.37. The molecule has 4 nitrogen and oxygen atoms in total. The molecule has 0 aromatic heterocycles. The smallest absolute Gasteiger partial charge is 0.344 e. The molecule has 1 amide bonds. The molecule has 0 saturated carbocycles. The average Bonchev–Trinajstić information content (AvgIpc) is 2.91. The Hall–Kier alpha value is -2.37. The number of piperidine rings is 2. The number of nitrogens with zero attached hydrogens (tertiary/aromatic N) is 3. The summed E-state index contributed by atoms with van der Waals surface area (Å²) in [5.41, 5.74) is -2.72. The van der Waals surface area contributed by atoms with Crippen molar-refractivity contribution in [1.82, 2.24) is 14.7 Å². The summed E-state index contributed by atoms with van der Waals surface area (Å²) in [6.07, 6.45) is -5.27. The van der Waals surface area contributed by atoms with Gasteiger partial charge in [0.05, 0.1) is 23.6 Å². The van der Waals surface area contributed by atoms with Gasteiger partial charge in [0.15, 0.2) is 0 Å². The number of likely N-dealkylation sites (N-methyl/N-ethyl adjacent to an activating group) is 1. The third-order valence-corrected chi connectivity index (χ3v) is 8.37. The molecule has 0 aliphatic carbocycles. The van der Waals surface area contributed by atoms with Crippen molar-refractivity contribution in [2.75, 3.05) is 39.8 Å². The van der Waals surface area contributed by atoms with Gasteiger partial charge < -0.3 is 9.80 Å². The van der Waals surface area contributed by atoms with Crippen molar-refractivity contribution in [2.24, 2.45) is 0 Å². The van der Waals surface area contributed by atoms with E-state index in [2.05, 4.69) is 9.80 Å². The van der Waals surface area contributed by atoms with Gasteiger partial charge in [-0.05, 0) is 80.2 Å². The number of hydrogen-bond donors (Lipinski definition) is 0. The van der Waals surface area contributed by atoms with E-state index in [0.717, 1.165) is 25.9 Å². The molecular formula is C29H33ClF7N3O. The summed E-state index contributed by atoms with van der Waals surface area (Å²) in [6.45, 7) is 3.61. The van der Waals surface area contributed by atoms with E-state index in [-0.39, 0.29) is 23.2 Å². The van der Waals surface area contributed by atoms with Gasteiger partial charge in [0, 0.05) is 37.7 Å². The fourth-order valence-electron chi connectivity index (χ4n) is 5.82. The lowest BCUT2D eigenvalue weighted by atomic mass is 9.96. The Morgan fingerprint density at radius 3 is 2.05 bits per heavy atom. The number of hydrogen-bond acceptors (Lipinski definition) is 3. The molecule has 0 radical (unpaired) electrons. The van der Waals surface area contributed by atoms with Gasteiger partial charge in [-0.3, -0.25) is 9.69 Å². The van der Waals surface area contributed by atoms with Crippen molar-refractivity contribution in [1.29, 1.82) is 0 Å². The zero-order valence-corrected chi connectivity index (χ0v) is 23.4. The molecule has 2 saturated heterocycles. The van der Waals surface area contributed by atoms with Crippen LogP contribution in [-0.4, -0.2) is 66.4 Å². The lowest BCUT2D eigenvalue weighted by Crippen LogP contribution is -2.49. The molecular weight excluding hydrogens is 575 g/mol. The molecule has 0 N–H and O–H groups in total. The third kappa shape index (κ3) is 8.14. The molecule has 2 heterocycles. The van der Waals surface area contributed by atoms with Gasteiger partial charge in [-0.1, -0.05) is 24.1 Å². The fourth-order valence-corrected chi connectivity index (χ4v) is 6.11. The van der Waals surface area contributed by atoms with Gasteiger partial charge >= 0.3 is 12.4 Å². The van der Waals surface area contributed by atoms with Crippen molar-refractivity contribution in [3.05, 3.63) is 69.5 Å². The molecule has 2 aromatic rings. The number of carbonyl (C=O) groups excluding carboxylic acids is 1. The molecule has 2 fully saturated rings. The number of alkyl halides is 6. The van der Waals surface area contributed by atoms with Crippen LogP contribution in [0.5, 0.6) is 0 Å². The Balaban J connectivity index is 1.52. The van der Waals surface area contributed by atoms with Crippen LogP contribution < -0.4 is 0 Å². The van der Waals surface area contributed by atoms with Crippen LogP contribution in [0.25, 0.3) is 0 Å². The largest absolute Gasteiger partial charge is 0.416 e. The van der Waals surface area contributed by atoms with E-state index in [1.54, 1.807) is 6.07 Å². The highest BCUT2D eigenvalue weighted by atomic mass is 35.5. The van der Waals surface area contributed by atoms with Crippen molar-refractivity contribution < 1.29 is 35.5 Å². The topological polar surface area (TPSA) is 26.8 Å². The van der Waals surface area contributed by atoms with Gasteiger partial charge in [0.2, 0.25) is 5.91 Å². The maximum Gasteiger partial charge on any atom is 0.416 e. The molecule has 0 bridgehead atoms. The second kappa shape index (κ2) is 12.9. The van der Waals surface area contributed by atoms with Crippen molar-refractivity contribution in [2.45, 2.75) is 63.0 Å². The van der Waals surface area contributed by atoms with Gasteiger partial charge in [-0.25, -0.2) is 4.39 Å². The first-order chi connectivity index (χ1) is 19.2. The van der Waals surface area contributed by atoms with E-state index in [1.807, 2.05) is 0 Å². The number of benzene rings is 2. The molecule has 1 unspecified atom stereocenters. The highest BCUT2D eigenvalue weighted by Crippen LogP contribution is 2.37. The summed E-state index contributed by atoms with van der Waals surface area (Å²) in [4.78, 5) is 19.1. The van der Waals surface area contributed by atoms with Gasteiger partial charge in [0.1, 0.15) is 5.82 Å². The SMILES string of the molecule is CN(CC(c1ccc(F)cc1Cl)N1CCC(N2CCCCC2)CC1)C(=O)Cc1cc(C(F)(F)F)cc(C(F)(F)F)c1. The van der Waals surface area contributed by atoms with Crippen LogP contribution in [0.2, 0.25) is 5.02 Å². The van der Waals surface area contributed by atoms with Crippen molar-refractivity contribution in [3.63, 3.8) is 0 Å². The minimum Gasteiger partial charge on any atom is -0.344 e. The van der Waals surface area contributed by atoms with E-state index < -0.39 is 47.7 Å². The van der Waals surface area contributed by atoms with Crippen molar-refractivity contribution >= 4 is 17.5 Å². The summed E-state index contributed by atoms with van der Waals surface area (Å²) in [5, 5.41) is 0.182. The molecule has 41 heavy (non-hydrogen) atoms. The van der Waals surface area contributed by atoms with Crippen LogP contribution in [0.4, 0.5) is 30.7 Å². The Morgan fingerprint density at radius 1 is 0.927 bits per heavy atom. The van der Waals surface area contributed by atoms with Crippen LogP contribution in [0.15, 0.2) is 36.4 Å². The van der Waals surface area contributed by atoms with Crippen molar-refractivity contribution in [3.8, 4) is 0 Å². The average molecular weight is 608 g/mol. The Morgan fingerprint density at radius 2 is 1.51 bits per heavy atom. The Labute approximate surface area is 240 Å². The second-order valence-corrected chi connectivity index (χ2v) is 11.3. The summed E-state index contributed by atoms with van der Waals surface area (Å²) >= 11 is 6.42. The first-order valence-corrected chi connectivity index (χ1v) is 14.1. The van der Waals surface area contributed by atoms with Gasteiger partial charge in [-0.15, -0.1) is 0 Å². The maximum atomic E-state index is 13.8. The number of halogens is 8. The normalized spacial score (nSPS) is 18.9. The fraction of sp³-hybridized carbons (Fsp3) is 0.552. The maximum absolute atomic E-state index is 13.8. The summed E-state index contributed by atoms with van der Waals surface area (Å²) in [6, 6.07) is 5.20. The highest BCUT2D eigenvalue weighted by molar-refractivity contribution is 6.31. The number of likely N-dealkylation sites (tertiary alicyclic amines) is 2. The first kappa shape index (κ1) is 31.6. The molecule has 12 heteroatoms. The number of amides is 1. The summed E-state index contributed by atoms with van der Waals surface area (Å²) < 4.78 is 93.6. The Bertz CT molecular complexity index is 1170. The summed E-state index contributed by atoms with van der Waals surface area (Å²) in [7, 11) is 1.45. The third-order valence-electron chi connectivity index (χ3n) is 8.04. The molecule has 226 valence electrons. The van der Waals surface area contributed by atoms with E-state index in [0.29, 0.717) is 36.8 Å². The van der Waals surface area contributed by atoms with E-state index in [1.165, 1.54) is 43.3 Å². The Kier molecular flexibility index (Phi) is 9.91. The van der Waals surface area contributed by atoms with Crippen LogP contribution in [0, 0.1) is 5.82 Å². The monoisotopic (exact) mass is 607 g/mol. The second-order valence-electron chi connectivity index (χ2n) is 10.9. The molecule has 0 spiro atoms. The van der Waals surface area contributed by atoms with Crippen LogP contribution in [0.1, 0.15) is 60.4 Å². The van der Waals surface area contributed by atoms with Crippen LogP contribution in [-0.2, 0) is 23.6 Å². The minimum atomic E-state index is -5.00. The van der Waals surface area contributed by atoms with Crippen LogP contribution in [0.3, 0.4) is 0 Å². The van der Waals surface area contributed by atoms with Gasteiger partial charge in [-0.2, -0.15) is 26.3 Å².